The summed E-state index contributed by atoms with van der Waals surface area (Å²) in [7, 11) is 17.7. The number of benzene rings is 1. The van der Waals surface area contributed by atoms with E-state index in [2.05, 4.69) is 12.1 Å². The number of hydrogen-bond acceptors (Lipinski definition) is 0. The van der Waals surface area contributed by atoms with Crippen molar-refractivity contribution in [3.63, 3.8) is 0 Å². The first-order chi connectivity index (χ1) is 5.83. The monoisotopic (exact) mass is 561 g/mol. The molecule has 0 saturated carbocycles. The SMILES string of the molecule is Cl[I]c1cccc([I]Cl)c1[I]Cl. The molecule has 1 aromatic rings. The second-order valence-electron chi connectivity index (χ2n) is 1.75. The van der Waals surface area contributed by atoms with Gasteiger partial charge in [0.2, 0.25) is 0 Å². The van der Waals surface area contributed by atoms with Gasteiger partial charge in [-0.15, -0.1) is 0 Å². The van der Waals surface area contributed by atoms with Crippen molar-refractivity contribution in [1.82, 2.24) is 0 Å². The summed E-state index contributed by atoms with van der Waals surface area (Å²) in [4.78, 5) is 0. The molecule has 0 heterocycles. The van der Waals surface area contributed by atoms with Gasteiger partial charge >= 0.3 is 0 Å². The van der Waals surface area contributed by atoms with Gasteiger partial charge in [-0.1, -0.05) is 6.07 Å². The molecular weight excluding hydrogens is 559 g/mol. The van der Waals surface area contributed by atoms with E-state index < -0.39 is 0 Å². The summed E-state index contributed by atoms with van der Waals surface area (Å²) in [6, 6.07) is 6.16. The van der Waals surface area contributed by atoms with Gasteiger partial charge < -0.3 is 0 Å². The van der Waals surface area contributed by atoms with E-state index >= 15 is 0 Å². The van der Waals surface area contributed by atoms with Crippen molar-refractivity contribution in [2.24, 2.45) is 0 Å². The Balaban J connectivity index is 3.13. The van der Waals surface area contributed by atoms with E-state index in [1.54, 1.807) is 0 Å². The van der Waals surface area contributed by atoms with Crippen molar-refractivity contribution >= 4 is 87.0 Å². The Hall–Kier alpha value is 2.28. The molecule has 0 aromatic heterocycles. The van der Waals surface area contributed by atoms with Gasteiger partial charge in [0.05, 0.1) is 0 Å². The summed E-state index contributed by atoms with van der Waals surface area (Å²) in [5, 5.41) is 0. The van der Waals surface area contributed by atoms with Gasteiger partial charge in [-0.2, -0.15) is 0 Å². The molecule has 0 spiro atoms. The maximum absolute atomic E-state index is 5.92. The molecule has 69 valence electrons. The largest absolute Gasteiger partial charge is 0.0601 e. The molecule has 0 bridgehead atoms. The van der Waals surface area contributed by atoms with Crippen LogP contribution in [0.2, 0.25) is 0 Å². The first-order valence-electron chi connectivity index (χ1n) is 2.74. The van der Waals surface area contributed by atoms with Crippen LogP contribution in [0.1, 0.15) is 0 Å². The third-order valence-corrected chi connectivity index (χ3v) is 10.5. The topological polar surface area (TPSA) is 0 Å². The Morgan fingerprint density at radius 3 is 1.67 bits per heavy atom. The molecule has 0 aliphatic rings. The molecule has 0 fully saturated rings. The van der Waals surface area contributed by atoms with E-state index in [4.69, 9.17) is 26.7 Å². The zero-order valence-corrected chi connectivity index (χ0v) is 14.2. The Labute approximate surface area is 114 Å². The fourth-order valence-corrected chi connectivity index (χ4v) is 12.1. The molecule has 1 aromatic carbocycles. The lowest BCUT2D eigenvalue weighted by Crippen LogP contribution is -1.85. The van der Waals surface area contributed by atoms with Gasteiger partial charge in [-0.3, -0.25) is 0 Å². The molecule has 0 nitrogen and oxygen atoms in total. The van der Waals surface area contributed by atoms with E-state index in [-0.39, 0.29) is 60.2 Å². The maximum Gasteiger partial charge on any atom is 0.0461 e. The average molecular weight is 562 g/mol. The van der Waals surface area contributed by atoms with Crippen LogP contribution < -0.4 is 0 Å². The minimum Gasteiger partial charge on any atom is -0.0601 e. The summed E-state index contributed by atoms with van der Waals surface area (Å²) in [5.74, 6) is 0. The molecule has 0 aliphatic heterocycles. The minimum absolute atomic E-state index is 0.367. The summed E-state index contributed by atoms with van der Waals surface area (Å²) in [6.07, 6.45) is 0. The highest BCUT2D eigenvalue weighted by Crippen LogP contribution is 2.43. The molecule has 0 atom stereocenters. The zero-order valence-electron chi connectivity index (χ0n) is 5.50. The lowest BCUT2D eigenvalue weighted by Gasteiger charge is -2.04. The molecule has 0 unspecified atom stereocenters. The van der Waals surface area contributed by atoms with Gasteiger partial charge in [0, 0.05) is 30.8 Å². The second kappa shape index (κ2) is 6.71. The molecule has 12 heavy (non-hydrogen) atoms. The zero-order chi connectivity index (χ0) is 8.97. The number of hydrogen-bond donors (Lipinski definition) is 0. The molecule has 0 N–H and O–H groups in total. The van der Waals surface area contributed by atoms with Crippen LogP contribution in [0.5, 0.6) is 0 Å². The molecule has 3 radical (unpaired) electrons. The van der Waals surface area contributed by atoms with Crippen LogP contribution in [0.4, 0.5) is 0 Å². The first kappa shape index (κ1) is 12.4. The summed E-state index contributed by atoms with van der Waals surface area (Å²) in [5.41, 5.74) is 0. The van der Waals surface area contributed by atoms with Gasteiger partial charge in [0.15, 0.2) is 0 Å². The van der Waals surface area contributed by atoms with Crippen LogP contribution in [0.15, 0.2) is 18.2 Å². The first-order valence-corrected chi connectivity index (χ1v) is 14.2. The molecule has 0 aliphatic carbocycles. The van der Waals surface area contributed by atoms with Crippen LogP contribution in [0, 0.1) is 10.7 Å². The molecule has 0 saturated heterocycles. The summed E-state index contributed by atoms with van der Waals surface area (Å²) in [6.45, 7) is 0. The van der Waals surface area contributed by atoms with E-state index in [1.807, 2.05) is 6.07 Å². The van der Waals surface area contributed by atoms with E-state index in [0.29, 0.717) is 0 Å². The molecular formula is C6H3Cl3I3. The van der Waals surface area contributed by atoms with Crippen LogP contribution in [0.25, 0.3) is 0 Å². The van der Waals surface area contributed by atoms with Gasteiger partial charge in [-0.05, 0) is 79.0 Å². The van der Waals surface area contributed by atoms with Crippen molar-refractivity contribution in [3.8, 4) is 0 Å². The lowest BCUT2D eigenvalue weighted by molar-refractivity contribution is 1.53. The smallest absolute Gasteiger partial charge is 0.0461 e. The van der Waals surface area contributed by atoms with Crippen LogP contribution in [-0.4, -0.2) is 0 Å². The Kier molecular flexibility index (Phi) is 6.90. The van der Waals surface area contributed by atoms with Gasteiger partial charge in [0.25, 0.3) is 0 Å². The average Bonchev–Trinajstić information content (AvgIpc) is 2.16. The van der Waals surface area contributed by atoms with Crippen LogP contribution in [0.3, 0.4) is 0 Å². The van der Waals surface area contributed by atoms with E-state index in [1.165, 1.54) is 10.7 Å². The van der Waals surface area contributed by atoms with Gasteiger partial charge in [0.1, 0.15) is 0 Å². The molecule has 0 amide bonds. The minimum atomic E-state index is -0.388. The van der Waals surface area contributed by atoms with Crippen molar-refractivity contribution < 1.29 is 0 Å². The van der Waals surface area contributed by atoms with E-state index in [0.717, 1.165) is 0 Å². The van der Waals surface area contributed by atoms with Gasteiger partial charge in [-0.25, -0.2) is 0 Å². The lowest BCUT2D eigenvalue weighted by atomic mass is 10.4. The van der Waals surface area contributed by atoms with Crippen molar-refractivity contribution in [2.45, 2.75) is 0 Å². The summed E-state index contributed by atoms with van der Waals surface area (Å²) >= 11 is -1.12. The third kappa shape index (κ3) is 3.15. The quantitative estimate of drug-likeness (QED) is 0.334. The molecule has 6 heteroatoms. The molecule has 1 rings (SSSR count). The normalized spacial score (nSPS) is 10.2. The predicted molar refractivity (Wildman–Crippen MR) is 82.2 cm³/mol. The van der Waals surface area contributed by atoms with Crippen molar-refractivity contribution in [1.29, 1.82) is 0 Å². The van der Waals surface area contributed by atoms with Crippen molar-refractivity contribution in [2.75, 3.05) is 0 Å². The summed E-state index contributed by atoms with van der Waals surface area (Å²) < 4.78 is 3.80. The maximum atomic E-state index is 5.92. The Morgan fingerprint density at radius 1 is 0.833 bits per heavy atom. The third-order valence-electron chi connectivity index (χ3n) is 1.13. The highest BCUT2D eigenvalue weighted by molar-refractivity contribution is 14.2. The van der Waals surface area contributed by atoms with Crippen LogP contribution >= 0.6 is 87.0 Å². The fourth-order valence-electron chi connectivity index (χ4n) is 0.656. The number of halogens is 6. The van der Waals surface area contributed by atoms with Crippen LogP contribution in [-0.2, 0) is 0 Å². The van der Waals surface area contributed by atoms with E-state index in [9.17, 15) is 0 Å². The predicted octanol–water partition coefficient (Wildman–Crippen LogP) is 5.57. The number of rotatable bonds is 3. The van der Waals surface area contributed by atoms with Crippen molar-refractivity contribution in [3.05, 3.63) is 28.9 Å². The fraction of sp³-hybridized carbons (Fsp3) is 0. The second-order valence-corrected chi connectivity index (χ2v) is 9.25. The Morgan fingerprint density at radius 2 is 1.33 bits per heavy atom. The highest BCUT2D eigenvalue weighted by Gasteiger charge is 2.07. The standard InChI is InChI=1S/C6H3Cl3I3/c7-10-4-2-1-3-5(11-8)6(4)12-9/h1-3H. The Bertz CT molecular complexity index is 244. The highest BCUT2D eigenvalue weighted by atomic mass is 127.